The molecule has 0 bridgehead atoms. The van der Waals surface area contributed by atoms with Crippen LogP contribution in [0.15, 0.2) is 24.3 Å². The van der Waals surface area contributed by atoms with Crippen LogP contribution in [0, 0.1) is 23.5 Å². The number of carbonyl (C=O) groups is 1. The summed E-state index contributed by atoms with van der Waals surface area (Å²) in [4.78, 5) is 12.5. The molecule has 0 aliphatic heterocycles. The summed E-state index contributed by atoms with van der Waals surface area (Å²) in [6.45, 7) is 2.09. The van der Waals surface area contributed by atoms with E-state index in [2.05, 4.69) is 11.7 Å². The number of halogens is 6. The van der Waals surface area contributed by atoms with Crippen molar-refractivity contribution >= 4 is 16.7 Å². The highest BCUT2D eigenvalue weighted by Crippen LogP contribution is 2.37. The monoisotopic (exact) mass is 462 g/mol. The fourth-order valence-electron chi connectivity index (χ4n) is 4.16. The predicted octanol–water partition coefficient (Wildman–Crippen LogP) is 7.26. The Balaban J connectivity index is 1.70. The quantitative estimate of drug-likeness (QED) is 0.188. The lowest BCUT2D eigenvalue weighted by molar-refractivity contribution is -0.276. The van der Waals surface area contributed by atoms with Gasteiger partial charge < -0.3 is 9.47 Å². The topological polar surface area (TPSA) is 35.5 Å². The normalized spacial score (nSPS) is 21.5. The Kier molecular flexibility index (Phi) is 7.56. The van der Waals surface area contributed by atoms with Gasteiger partial charge in [-0.25, -0.2) is 13.2 Å². The zero-order valence-corrected chi connectivity index (χ0v) is 17.5. The van der Waals surface area contributed by atoms with Gasteiger partial charge in [-0.2, -0.15) is 0 Å². The standard InChI is InChI=1S/C23H24F6O3/c1-2-3-4-5-13-6-8-17(18(24)10-13)22(30)31-15-7-9-16-14(11-15)12-19(25)21(20(16)26)32-23(27,28)29/h7,9,11-13,17-18H,2-6,8,10H2,1H3. The highest BCUT2D eigenvalue weighted by Gasteiger charge is 2.37. The van der Waals surface area contributed by atoms with Crippen LogP contribution >= 0.6 is 0 Å². The van der Waals surface area contributed by atoms with E-state index in [0.29, 0.717) is 18.9 Å². The minimum atomic E-state index is -5.26. The van der Waals surface area contributed by atoms with Gasteiger partial charge in [-0.05, 0) is 54.8 Å². The van der Waals surface area contributed by atoms with Crippen LogP contribution < -0.4 is 9.47 Å². The molecule has 3 atom stereocenters. The number of hydrogen-bond donors (Lipinski definition) is 0. The van der Waals surface area contributed by atoms with Gasteiger partial charge in [0.05, 0.1) is 5.92 Å². The molecule has 0 amide bonds. The van der Waals surface area contributed by atoms with E-state index >= 15 is 0 Å². The van der Waals surface area contributed by atoms with E-state index in [-0.39, 0.29) is 22.4 Å². The molecule has 0 aromatic heterocycles. The van der Waals surface area contributed by atoms with E-state index in [9.17, 15) is 31.1 Å². The SMILES string of the molecule is CCCCCC1CCC(C(=O)Oc2ccc3c(F)c(OC(F)(F)F)c(F)cc3c2)C(F)C1. The average molecular weight is 462 g/mol. The maximum absolute atomic E-state index is 14.6. The van der Waals surface area contributed by atoms with E-state index in [1.165, 1.54) is 0 Å². The Morgan fingerprint density at radius 3 is 2.53 bits per heavy atom. The molecule has 2 aromatic rings. The molecule has 3 nitrogen and oxygen atoms in total. The van der Waals surface area contributed by atoms with Crippen molar-refractivity contribution in [2.75, 3.05) is 0 Å². The molecule has 176 valence electrons. The van der Waals surface area contributed by atoms with E-state index in [1.807, 2.05) is 0 Å². The molecule has 1 saturated carbocycles. The Morgan fingerprint density at radius 1 is 1.12 bits per heavy atom. The second-order valence-corrected chi connectivity index (χ2v) is 8.15. The fourth-order valence-corrected chi connectivity index (χ4v) is 4.16. The number of benzene rings is 2. The molecule has 1 aliphatic carbocycles. The molecule has 1 fully saturated rings. The summed E-state index contributed by atoms with van der Waals surface area (Å²) in [6, 6.07) is 3.96. The smallest absolute Gasteiger partial charge is 0.426 e. The van der Waals surface area contributed by atoms with E-state index in [1.54, 1.807) is 0 Å². The molecular formula is C23H24F6O3. The van der Waals surface area contributed by atoms with Crippen molar-refractivity contribution in [1.29, 1.82) is 0 Å². The van der Waals surface area contributed by atoms with Crippen LogP contribution in [-0.4, -0.2) is 18.5 Å². The van der Waals surface area contributed by atoms with Gasteiger partial charge in [0.15, 0.2) is 11.6 Å². The van der Waals surface area contributed by atoms with Gasteiger partial charge in [0.1, 0.15) is 11.9 Å². The van der Waals surface area contributed by atoms with Crippen molar-refractivity contribution in [2.45, 2.75) is 64.4 Å². The third-order valence-corrected chi connectivity index (χ3v) is 5.79. The summed E-state index contributed by atoms with van der Waals surface area (Å²) >= 11 is 0. The van der Waals surface area contributed by atoms with Gasteiger partial charge in [-0.15, -0.1) is 13.2 Å². The molecule has 3 rings (SSSR count). The summed E-state index contributed by atoms with van der Waals surface area (Å²) in [7, 11) is 0. The van der Waals surface area contributed by atoms with Gasteiger partial charge in [0.25, 0.3) is 0 Å². The number of rotatable bonds is 7. The molecule has 0 heterocycles. The number of unbranched alkanes of at least 4 members (excludes halogenated alkanes) is 2. The van der Waals surface area contributed by atoms with Gasteiger partial charge in [0, 0.05) is 5.39 Å². The minimum absolute atomic E-state index is 0.0805. The van der Waals surface area contributed by atoms with Crippen molar-refractivity contribution in [2.24, 2.45) is 11.8 Å². The number of ether oxygens (including phenoxy) is 2. The number of fused-ring (bicyclic) bond motifs is 1. The molecule has 0 spiro atoms. The average Bonchev–Trinajstić information content (AvgIpc) is 2.70. The summed E-state index contributed by atoms with van der Waals surface area (Å²) in [5, 5.41) is -0.474. The molecule has 1 aliphatic rings. The maximum Gasteiger partial charge on any atom is 0.573 e. The van der Waals surface area contributed by atoms with Crippen molar-refractivity contribution in [3.05, 3.63) is 35.9 Å². The third kappa shape index (κ3) is 5.86. The van der Waals surface area contributed by atoms with E-state index < -0.39 is 41.8 Å². The lowest BCUT2D eigenvalue weighted by Gasteiger charge is -2.30. The lowest BCUT2D eigenvalue weighted by Crippen LogP contribution is -2.34. The summed E-state index contributed by atoms with van der Waals surface area (Å²) in [5.41, 5.74) is 0. The first-order valence-corrected chi connectivity index (χ1v) is 10.6. The highest BCUT2D eigenvalue weighted by atomic mass is 19.4. The van der Waals surface area contributed by atoms with E-state index in [0.717, 1.165) is 50.3 Å². The first-order chi connectivity index (χ1) is 15.1. The van der Waals surface area contributed by atoms with Gasteiger partial charge in [0.2, 0.25) is 5.75 Å². The largest absolute Gasteiger partial charge is 0.573 e. The minimum Gasteiger partial charge on any atom is -0.426 e. The molecule has 9 heteroatoms. The number of hydrogen-bond acceptors (Lipinski definition) is 3. The van der Waals surface area contributed by atoms with Gasteiger partial charge >= 0.3 is 12.3 Å². The highest BCUT2D eigenvalue weighted by molar-refractivity contribution is 5.87. The van der Waals surface area contributed by atoms with Crippen LogP contribution in [0.2, 0.25) is 0 Å². The van der Waals surface area contributed by atoms with Crippen molar-refractivity contribution in [1.82, 2.24) is 0 Å². The van der Waals surface area contributed by atoms with E-state index in [4.69, 9.17) is 4.74 Å². The Morgan fingerprint density at radius 2 is 1.88 bits per heavy atom. The first kappa shape index (κ1) is 24.2. The fraction of sp³-hybridized carbons (Fsp3) is 0.522. The van der Waals surface area contributed by atoms with Crippen LogP contribution in [0.5, 0.6) is 11.5 Å². The summed E-state index contributed by atoms with van der Waals surface area (Å²) in [6.07, 6.45) is -1.10. The Labute approximate surface area is 181 Å². The number of esters is 1. The third-order valence-electron chi connectivity index (χ3n) is 5.79. The molecule has 3 unspecified atom stereocenters. The molecular weight excluding hydrogens is 438 g/mol. The van der Waals surface area contributed by atoms with Crippen molar-refractivity contribution in [3.8, 4) is 11.5 Å². The number of alkyl halides is 4. The first-order valence-electron chi connectivity index (χ1n) is 10.6. The second kappa shape index (κ2) is 10.0. The second-order valence-electron chi connectivity index (χ2n) is 8.15. The van der Waals surface area contributed by atoms with Crippen LogP contribution in [0.1, 0.15) is 51.9 Å². The predicted molar refractivity (Wildman–Crippen MR) is 106 cm³/mol. The zero-order chi connectivity index (χ0) is 23.5. The van der Waals surface area contributed by atoms with Crippen LogP contribution in [-0.2, 0) is 4.79 Å². The zero-order valence-electron chi connectivity index (χ0n) is 17.5. The van der Waals surface area contributed by atoms with Crippen LogP contribution in [0.4, 0.5) is 26.3 Å². The lowest BCUT2D eigenvalue weighted by atomic mass is 9.78. The molecule has 0 N–H and O–H groups in total. The summed E-state index contributed by atoms with van der Waals surface area (Å²) in [5.74, 6) is -6.19. The molecule has 0 saturated heterocycles. The Hall–Kier alpha value is -2.45. The van der Waals surface area contributed by atoms with Crippen LogP contribution in [0.25, 0.3) is 10.8 Å². The molecule has 0 radical (unpaired) electrons. The van der Waals surface area contributed by atoms with Gasteiger partial charge in [-0.1, -0.05) is 32.6 Å². The van der Waals surface area contributed by atoms with Crippen molar-refractivity contribution < 1.29 is 40.6 Å². The van der Waals surface area contributed by atoms with Crippen LogP contribution in [0.3, 0.4) is 0 Å². The summed E-state index contributed by atoms with van der Waals surface area (Å²) < 4.78 is 88.7. The maximum atomic E-state index is 14.6. The number of carbonyl (C=O) groups excluding carboxylic acids is 1. The van der Waals surface area contributed by atoms with Crippen molar-refractivity contribution in [3.63, 3.8) is 0 Å². The molecule has 32 heavy (non-hydrogen) atoms. The molecule has 2 aromatic carbocycles. The Bertz CT molecular complexity index is 959. The van der Waals surface area contributed by atoms with Gasteiger partial charge in [-0.3, -0.25) is 4.79 Å².